The number of para-hydroxylation sites is 1. The van der Waals surface area contributed by atoms with Crippen LogP contribution in [0.4, 0.5) is 5.69 Å². The lowest BCUT2D eigenvalue weighted by Gasteiger charge is -2.11. The molecule has 1 amide bonds. The van der Waals surface area contributed by atoms with Crippen molar-refractivity contribution in [1.82, 2.24) is 9.97 Å². The van der Waals surface area contributed by atoms with Gasteiger partial charge in [0.1, 0.15) is 11.5 Å². The molecule has 0 aliphatic heterocycles. The van der Waals surface area contributed by atoms with Crippen LogP contribution in [-0.2, 0) is 0 Å². The van der Waals surface area contributed by atoms with Crippen molar-refractivity contribution in [3.05, 3.63) is 58.6 Å². The Balaban J connectivity index is 1.97. The molecular formula is C17H15N3O4. The Morgan fingerprint density at radius 2 is 1.92 bits per heavy atom. The van der Waals surface area contributed by atoms with E-state index in [0.717, 1.165) is 0 Å². The van der Waals surface area contributed by atoms with Gasteiger partial charge in [0.25, 0.3) is 11.5 Å². The Hall–Kier alpha value is -3.35. The third-order valence-corrected chi connectivity index (χ3v) is 3.48. The molecule has 0 saturated heterocycles. The van der Waals surface area contributed by atoms with Crippen molar-refractivity contribution < 1.29 is 14.3 Å². The fourth-order valence-corrected chi connectivity index (χ4v) is 2.29. The molecule has 0 bridgehead atoms. The molecule has 24 heavy (non-hydrogen) atoms. The lowest BCUT2D eigenvalue weighted by Crippen LogP contribution is -2.21. The number of benzene rings is 2. The Kier molecular flexibility index (Phi) is 4.15. The zero-order valence-corrected chi connectivity index (χ0v) is 13.1. The van der Waals surface area contributed by atoms with Crippen molar-refractivity contribution in [3.63, 3.8) is 0 Å². The van der Waals surface area contributed by atoms with Gasteiger partial charge in [0.05, 0.1) is 30.8 Å². The van der Waals surface area contributed by atoms with E-state index in [0.29, 0.717) is 28.1 Å². The van der Waals surface area contributed by atoms with Crippen LogP contribution >= 0.6 is 0 Å². The van der Waals surface area contributed by atoms with E-state index >= 15 is 0 Å². The number of amides is 1. The molecule has 122 valence electrons. The number of hydrogen-bond acceptors (Lipinski definition) is 5. The Morgan fingerprint density at radius 1 is 1.12 bits per heavy atom. The number of carbonyl (C=O) groups is 1. The molecule has 0 fully saturated rings. The second-order valence-corrected chi connectivity index (χ2v) is 4.95. The summed E-state index contributed by atoms with van der Waals surface area (Å²) in [5.74, 6) is 0.395. The summed E-state index contributed by atoms with van der Waals surface area (Å²) >= 11 is 0. The number of carbonyl (C=O) groups excluding carboxylic acids is 1. The first-order valence-electron chi connectivity index (χ1n) is 7.15. The van der Waals surface area contributed by atoms with Gasteiger partial charge in [-0.15, -0.1) is 0 Å². The number of nitrogens with zero attached hydrogens (tertiary/aromatic N) is 1. The second kappa shape index (κ2) is 6.41. The highest BCUT2D eigenvalue weighted by Gasteiger charge is 2.14. The van der Waals surface area contributed by atoms with Crippen LogP contribution < -0.4 is 20.3 Å². The molecule has 7 nitrogen and oxygen atoms in total. The summed E-state index contributed by atoms with van der Waals surface area (Å²) < 4.78 is 10.4. The van der Waals surface area contributed by atoms with Crippen molar-refractivity contribution in [3.8, 4) is 11.5 Å². The summed E-state index contributed by atoms with van der Waals surface area (Å²) in [4.78, 5) is 31.2. The first-order valence-corrected chi connectivity index (χ1v) is 7.15. The normalized spacial score (nSPS) is 10.4. The topological polar surface area (TPSA) is 93.3 Å². The van der Waals surface area contributed by atoms with Crippen LogP contribution in [0.25, 0.3) is 10.9 Å². The minimum absolute atomic E-state index is 0.0800. The van der Waals surface area contributed by atoms with Crippen LogP contribution in [0, 0.1) is 0 Å². The molecule has 0 aliphatic rings. The van der Waals surface area contributed by atoms with Crippen LogP contribution in [0.5, 0.6) is 11.5 Å². The van der Waals surface area contributed by atoms with Crippen LogP contribution in [0.2, 0.25) is 0 Å². The molecule has 0 atom stereocenters. The van der Waals surface area contributed by atoms with E-state index in [-0.39, 0.29) is 11.4 Å². The molecule has 1 aromatic heterocycles. The quantitative estimate of drug-likeness (QED) is 0.767. The van der Waals surface area contributed by atoms with E-state index in [2.05, 4.69) is 15.3 Å². The van der Waals surface area contributed by atoms with Gasteiger partial charge in [0.2, 0.25) is 0 Å². The summed E-state index contributed by atoms with van der Waals surface area (Å²) in [7, 11) is 3.02. The van der Waals surface area contributed by atoms with Crippen LogP contribution in [0.1, 0.15) is 10.6 Å². The lowest BCUT2D eigenvalue weighted by molar-refractivity contribution is 0.101. The van der Waals surface area contributed by atoms with E-state index in [1.54, 1.807) is 42.5 Å². The predicted octanol–water partition coefficient (Wildman–Crippen LogP) is 2.19. The van der Waals surface area contributed by atoms with Gasteiger partial charge < -0.3 is 19.8 Å². The summed E-state index contributed by atoms with van der Waals surface area (Å²) in [5, 5.41) is 3.09. The maximum absolute atomic E-state index is 12.4. The molecular weight excluding hydrogens is 310 g/mol. The maximum Gasteiger partial charge on any atom is 0.291 e. The number of methoxy groups -OCH3 is 2. The fourth-order valence-electron chi connectivity index (χ4n) is 2.29. The van der Waals surface area contributed by atoms with E-state index in [1.807, 2.05) is 0 Å². The minimum atomic E-state index is -0.551. The van der Waals surface area contributed by atoms with Crippen molar-refractivity contribution in [2.24, 2.45) is 0 Å². The van der Waals surface area contributed by atoms with Gasteiger partial charge in [-0.1, -0.05) is 12.1 Å². The number of aromatic nitrogens is 2. The third-order valence-electron chi connectivity index (χ3n) is 3.48. The molecule has 0 radical (unpaired) electrons. The SMILES string of the molecule is COc1ccc(OC)c(NC(=O)c2nc3ccccc3c(=O)[nH]2)c1. The van der Waals surface area contributed by atoms with Gasteiger partial charge in [-0.2, -0.15) is 0 Å². The number of aromatic amines is 1. The highest BCUT2D eigenvalue weighted by molar-refractivity contribution is 6.03. The smallest absolute Gasteiger partial charge is 0.291 e. The van der Waals surface area contributed by atoms with Crippen LogP contribution in [0.3, 0.4) is 0 Å². The Bertz CT molecular complexity index is 965. The highest BCUT2D eigenvalue weighted by atomic mass is 16.5. The summed E-state index contributed by atoms with van der Waals surface area (Å²) in [5.41, 5.74) is 0.491. The molecule has 3 aromatic rings. The number of anilines is 1. The summed E-state index contributed by atoms with van der Waals surface area (Å²) in [6, 6.07) is 11.8. The molecule has 3 rings (SSSR count). The molecule has 0 spiro atoms. The molecule has 0 saturated carbocycles. The van der Waals surface area contributed by atoms with Gasteiger partial charge in [-0.05, 0) is 24.3 Å². The summed E-state index contributed by atoms with van der Waals surface area (Å²) in [6.07, 6.45) is 0. The van der Waals surface area contributed by atoms with Gasteiger partial charge >= 0.3 is 0 Å². The monoisotopic (exact) mass is 325 g/mol. The Morgan fingerprint density at radius 3 is 2.67 bits per heavy atom. The van der Waals surface area contributed by atoms with Gasteiger partial charge in [0.15, 0.2) is 5.82 Å². The van der Waals surface area contributed by atoms with E-state index in [9.17, 15) is 9.59 Å². The van der Waals surface area contributed by atoms with Gasteiger partial charge in [-0.25, -0.2) is 4.98 Å². The second-order valence-electron chi connectivity index (χ2n) is 4.95. The average Bonchev–Trinajstić information content (AvgIpc) is 2.61. The maximum atomic E-state index is 12.4. The van der Waals surface area contributed by atoms with E-state index in [4.69, 9.17) is 9.47 Å². The summed E-state index contributed by atoms with van der Waals surface area (Å²) in [6.45, 7) is 0. The minimum Gasteiger partial charge on any atom is -0.497 e. The lowest BCUT2D eigenvalue weighted by atomic mass is 10.2. The number of hydrogen-bond donors (Lipinski definition) is 2. The van der Waals surface area contributed by atoms with E-state index < -0.39 is 5.91 Å². The van der Waals surface area contributed by atoms with Gasteiger partial charge in [0, 0.05) is 6.07 Å². The zero-order valence-electron chi connectivity index (χ0n) is 13.1. The molecule has 2 aromatic carbocycles. The fraction of sp³-hybridized carbons (Fsp3) is 0.118. The van der Waals surface area contributed by atoms with Crippen LogP contribution in [0.15, 0.2) is 47.3 Å². The largest absolute Gasteiger partial charge is 0.497 e. The predicted molar refractivity (Wildman–Crippen MR) is 89.9 cm³/mol. The number of ether oxygens (including phenoxy) is 2. The number of fused-ring (bicyclic) bond motifs is 1. The number of nitrogens with one attached hydrogen (secondary N) is 2. The Labute approximate surface area is 137 Å². The standard InChI is InChI=1S/C17H15N3O4/c1-23-10-7-8-14(24-2)13(9-10)19-17(22)15-18-12-6-4-3-5-11(12)16(21)20-15/h3-9H,1-2H3,(H,19,22)(H,18,20,21). The molecule has 7 heteroatoms. The van der Waals surface area contributed by atoms with Crippen molar-refractivity contribution >= 4 is 22.5 Å². The number of H-pyrrole nitrogens is 1. The number of rotatable bonds is 4. The molecule has 0 aliphatic carbocycles. The van der Waals surface area contributed by atoms with Crippen molar-refractivity contribution in [1.29, 1.82) is 0 Å². The third kappa shape index (κ3) is 2.91. The van der Waals surface area contributed by atoms with Crippen LogP contribution in [-0.4, -0.2) is 30.1 Å². The molecule has 0 unspecified atom stereocenters. The first-order chi connectivity index (χ1) is 11.6. The highest BCUT2D eigenvalue weighted by Crippen LogP contribution is 2.29. The van der Waals surface area contributed by atoms with Crippen molar-refractivity contribution in [2.45, 2.75) is 0 Å². The van der Waals surface area contributed by atoms with Gasteiger partial charge in [-0.3, -0.25) is 9.59 Å². The van der Waals surface area contributed by atoms with Crippen molar-refractivity contribution in [2.75, 3.05) is 19.5 Å². The first kappa shape index (κ1) is 15.5. The zero-order chi connectivity index (χ0) is 17.1. The molecule has 1 heterocycles. The molecule has 2 N–H and O–H groups in total. The average molecular weight is 325 g/mol. The van der Waals surface area contributed by atoms with E-state index in [1.165, 1.54) is 14.2 Å².